The maximum atomic E-state index is 12.2. The molecule has 6 rings (SSSR count). The lowest BCUT2D eigenvalue weighted by Crippen LogP contribution is -2.56. The van der Waals surface area contributed by atoms with Crippen LogP contribution in [0.15, 0.2) is 24.3 Å². The van der Waals surface area contributed by atoms with Crippen molar-refractivity contribution in [2.75, 3.05) is 39.5 Å². The monoisotopic (exact) mass is 525 g/mol. The van der Waals surface area contributed by atoms with Gasteiger partial charge in [0.1, 0.15) is 12.4 Å². The van der Waals surface area contributed by atoms with Gasteiger partial charge in [-0.15, -0.1) is 0 Å². The first-order valence-corrected chi connectivity index (χ1v) is 15.8. The van der Waals surface area contributed by atoms with Crippen molar-refractivity contribution in [2.45, 2.75) is 96.2 Å². The van der Waals surface area contributed by atoms with E-state index in [9.17, 15) is 10.2 Å². The van der Waals surface area contributed by atoms with Gasteiger partial charge in [0.25, 0.3) is 0 Å². The predicted octanol–water partition coefficient (Wildman–Crippen LogP) is 5.77. The number of hydrogen-bond acceptors (Lipinski definition) is 5. The highest BCUT2D eigenvalue weighted by molar-refractivity contribution is 5.33. The lowest BCUT2D eigenvalue weighted by Gasteiger charge is -2.62. The molecule has 212 valence electrons. The molecule has 1 aliphatic heterocycles. The van der Waals surface area contributed by atoms with Crippen molar-refractivity contribution in [1.29, 1.82) is 0 Å². The molecule has 0 aromatic heterocycles. The van der Waals surface area contributed by atoms with E-state index in [1.165, 1.54) is 51.6 Å². The quantitative estimate of drug-likeness (QED) is 0.422. The van der Waals surface area contributed by atoms with Crippen LogP contribution < -0.4 is 4.74 Å². The minimum absolute atomic E-state index is 0.110. The molecule has 1 saturated heterocycles. The molecule has 38 heavy (non-hydrogen) atoms. The van der Waals surface area contributed by atoms with E-state index in [1.807, 2.05) is 12.1 Å². The normalized spacial score (nSPS) is 42.9. The van der Waals surface area contributed by atoms with Gasteiger partial charge in [0.15, 0.2) is 0 Å². The molecular formula is C33H51NO4. The summed E-state index contributed by atoms with van der Waals surface area (Å²) in [7, 11) is 0. The van der Waals surface area contributed by atoms with E-state index in [1.54, 1.807) is 0 Å². The average molecular weight is 526 g/mol. The van der Waals surface area contributed by atoms with Gasteiger partial charge in [0, 0.05) is 6.54 Å². The lowest BCUT2D eigenvalue weighted by atomic mass is 9.43. The van der Waals surface area contributed by atoms with Crippen molar-refractivity contribution in [3.8, 4) is 5.75 Å². The molecule has 0 amide bonds. The van der Waals surface area contributed by atoms with Gasteiger partial charge in [0.2, 0.25) is 0 Å². The summed E-state index contributed by atoms with van der Waals surface area (Å²) in [6.07, 6.45) is 12.4. The van der Waals surface area contributed by atoms with Crippen molar-refractivity contribution in [2.24, 2.45) is 34.5 Å². The summed E-state index contributed by atoms with van der Waals surface area (Å²) in [4.78, 5) is 2.47. The lowest BCUT2D eigenvalue weighted by molar-refractivity contribution is -0.165. The fourth-order valence-corrected chi connectivity index (χ4v) is 10.0. The Kier molecular flexibility index (Phi) is 7.61. The molecular weight excluding hydrogens is 474 g/mol. The Balaban J connectivity index is 1.09. The SMILES string of the molecule is C[C@]12CC(O)(c3cccc(OCCOCCN4CCCC4)c3)CCC1CC[C@@H]1[C@H]2CC[C@]2(C)C(O)CC[C@@H]12. The van der Waals surface area contributed by atoms with Gasteiger partial charge in [-0.2, -0.15) is 0 Å². The van der Waals surface area contributed by atoms with E-state index in [0.29, 0.717) is 36.9 Å². The second-order valence-corrected chi connectivity index (χ2v) is 14.1. The molecule has 4 saturated carbocycles. The molecule has 5 aliphatic rings. The summed E-state index contributed by atoms with van der Waals surface area (Å²) in [5.74, 6) is 3.56. The van der Waals surface area contributed by atoms with Crippen LogP contribution in [0.1, 0.15) is 90.0 Å². The molecule has 5 heteroatoms. The number of fused-ring (bicyclic) bond motifs is 5. The molecule has 1 aromatic carbocycles. The van der Waals surface area contributed by atoms with E-state index in [0.717, 1.165) is 56.6 Å². The first-order valence-electron chi connectivity index (χ1n) is 15.8. The van der Waals surface area contributed by atoms with E-state index in [2.05, 4.69) is 30.9 Å². The Morgan fingerprint density at radius 1 is 0.895 bits per heavy atom. The second-order valence-electron chi connectivity index (χ2n) is 14.1. The van der Waals surface area contributed by atoms with Gasteiger partial charge in [-0.25, -0.2) is 0 Å². The maximum absolute atomic E-state index is 12.2. The first-order chi connectivity index (χ1) is 18.3. The van der Waals surface area contributed by atoms with Crippen molar-refractivity contribution < 1.29 is 19.7 Å². The smallest absolute Gasteiger partial charge is 0.119 e. The highest BCUT2D eigenvalue weighted by Gasteiger charge is 2.61. The number of likely N-dealkylation sites (tertiary alicyclic amines) is 1. The number of aliphatic hydroxyl groups is 2. The van der Waals surface area contributed by atoms with Crippen LogP contribution >= 0.6 is 0 Å². The van der Waals surface area contributed by atoms with Crippen LogP contribution in [0.3, 0.4) is 0 Å². The number of hydrogen-bond donors (Lipinski definition) is 2. The standard InChI is InChI=1S/C33H51NO4/c1-31-14-13-29-27(28(31)10-11-30(31)35)9-8-24-12-15-33(36,23-32(24,29)2)25-6-5-7-26(22-25)38-21-20-37-19-18-34-16-3-4-17-34/h5-7,22,24,27-30,35-36H,3-4,8-21,23H2,1-2H3/t24?,27-,28-,29+,30?,31-,32-,33?/m0/s1. The molecule has 4 aliphatic carbocycles. The predicted molar refractivity (Wildman–Crippen MR) is 150 cm³/mol. The van der Waals surface area contributed by atoms with E-state index < -0.39 is 5.60 Å². The largest absolute Gasteiger partial charge is 0.491 e. The highest BCUT2D eigenvalue weighted by Crippen LogP contribution is 2.67. The van der Waals surface area contributed by atoms with Gasteiger partial charge >= 0.3 is 0 Å². The van der Waals surface area contributed by atoms with Crippen molar-refractivity contribution in [3.05, 3.63) is 29.8 Å². The topological polar surface area (TPSA) is 62.2 Å². The Morgan fingerprint density at radius 2 is 1.71 bits per heavy atom. The second kappa shape index (κ2) is 10.7. The van der Waals surface area contributed by atoms with Crippen molar-refractivity contribution in [1.82, 2.24) is 4.90 Å². The van der Waals surface area contributed by atoms with E-state index in [4.69, 9.17) is 9.47 Å². The fourth-order valence-electron chi connectivity index (χ4n) is 10.0. The number of benzene rings is 1. The van der Waals surface area contributed by atoms with Gasteiger partial charge in [0.05, 0.1) is 24.9 Å². The Bertz CT molecular complexity index is 964. The molecule has 5 nitrogen and oxygen atoms in total. The summed E-state index contributed by atoms with van der Waals surface area (Å²) in [6.45, 7) is 10.2. The zero-order valence-corrected chi connectivity index (χ0v) is 23.9. The van der Waals surface area contributed by atoms with E-state index >= 15 is 0 Å². The molecule has 2 N–H and O–H groups in total. The minimum atomic E-state index is -0.797. The van der Waals surface area contributed by atoms with Crippen LogP contribution in [0.25, 0.3) is 0 Å². The van der Waals surface area contributed by atoms with Crippen LogP contribution in [0, 0.1) is 34.5 Å². The molecule has 8 atom stereocenters. The Hall–Kier alpha value is -1.14. The molecule has 1 aromatic rings. The molecule has 5 fully saturated rings. The van der Waals surface area contributed by atoms with Crippen LogP contribution in [0.5, 0.6) is 5.75 Å². The number of aliphatic hydroxyl groups excluding tert-OH is 1. The molecule has 0 bridgehead atoms. The summed E-state index contributed by atoms with van der Waals surface area (Å²) < 4.78 is 11.9. The average Bonchev–Trinajstić information content (AvgIpc) is 3.53. The zero-order chi connectivity index (χ0) is 26.4. The number of ether oxygens (including phenoxy) is 2. The molecule has 0 radical (unpaired) electrons. The molecule has 1 heterocycles. The molecule has 0 spiro atoms. The summed E-state index contributed by atoms with van der Waals surface area (Å²) >= 11 is 0. The third-order valence-corrected chi connectivity index (χ3v) is 12.2. The van der Waals surface area contributed by atoms with Crippen LogP contribution in [0.2, 0.25) is 0 Å². The Labute approximate surface area is 230 Å². The third kappa shape index (κ3) is 4.84. The zero-order valence-electron chi connectivity index (χ0n) is 23.9. The van der Waals surface area contributed by atoms with Crippen LogP contribution in [-0.4, -0.2) is 60.7 Å². The molecule has 3 unspecified atom stereocenters. The summed E-state index contributed by atoms with van der Waals surface area (Å²) in [6, 6.07) is 8.24. The van der Waals surface area contributed by atoms with Gasteiger partial charge in [-0.05, 0) is 136 Å². The van der Waals surface area contributed by atoms with Gasteiger partial charge in [-0.1, -0.05) is 26.0 Å². The third-order valence-electron chi connectivity index (χ3n) is 12.2. The van der Waals surface area contributed by atoms with Crippen LogP contribution in [0.4, 0.5) is 0 Å². The fraction of sp³-hybridized carbons (Fsp3) is 0.818. The van der Waals surface area contributed by atoms with Gasteiger partial charge in [-0.3, -0.25) is 0 Å². The first kappa shape index (κ1) is 27.1. The summed E-state index contributed by atoms with van der Waals surface area (Å²) in [5.41, 5.74) is 0.488. The highest BCUT2D eigenvalue weighted by atomic mass is 16.5. The Morgan fingerprint density at radius 3 is 2.55 bits per heavy atom. The van der Waals surface area contributed by atoms with Gasteiger partial charge < -0.3 is 24.6 Å². The van der Waals surface area contributed by atoms with E-state index in [-0.39, 0.29) is 16.9 Å². The van der Waals surface area contributed by atoms with Crippen molar-refractivity contribution >= 4 is 0 Å². The number of rotatable bonds is 8. The van der Waals surface area contributed by atoms with Crippen LogP contribution in [-0.2, 0) is 10.3 Å². The minimum Gasteiger partial charge on any atom is -0.491 e. The number of nitrogens with zero attached hydrogens (tertiary/aromatic N) is 1. The maximum Gasteiger partial charge on any atom is 0.119 e. The summed E-state index contributed by atoms with van der Waals surface area (Å²) in [5, 5.41) is 23.0. The van der Waals surface area contributed by atoms with Crippen molar-refractivity contribution in [3.63, 3.8) is 0 Å².